The monoisotopic (exact) mass is 682 g/mol. The molecule has 0 amide bonds. The topological polar surface area (TPSA) is 38.6 Å². The highest BCUT2D eigenvalue weighted by Crippen LogP contribution is 2.54. The molecule has 0 atom stereocenters. The van der Waals surface area contributed by atoms with Crippen LogP contribution < -0.4 is 4.90 Å². The van der Waals surface area contributed by atoms with Crippen LogP contribution in [0.15, 0.2) is 174 Å². The van der Waals surface area contributed by atoms with Crippen molar-refractivity contribution >= 4 is 56.1 Å². The van der Waals surface area contributed by atoms with Crippen LogP contribution in [0.3, 0.4) is 0 Å². The van der Waals surface area contributed by atoms with Crippen LogP contribution in [0.25, 0.3) is 67.0 Å². The van der Waals surface area contributed by atoms with Gasteiger partial charge in [-0.2, -0.15) is 0 Å². The van der Waals surface area contributed by atoms with Crippen molar-refractivity contribution in [1.82, 2.24) is 14.0 Å². The summed E-state index contributed by atoms with van der Waals surface area (Å²) in [4.78, 5) is 7.69. The van der Waals surface area contributed by atoms with Crippen LogP contribution in [-0.2, 0) is 5.41 Å². The number of aromatic nitrogens is 3. The van der Waals surface area contributed by atoms with Crippen LogP contribution in [0.2, 0.25) is 0 Å². The smallest absolute Gasteiger partial charge is 0.234 e. The van der Waals surface area contributed by atoms with E-state index in [-0.39, 0.29) is 5.41 Å². The zero-order valence-corrected chi connectivity index (χ0v) is 29.4. The Morgan fingerprint density at radius 2 is 1.28 bits per heavy atom. The van der Waals surface area contributed by atoms with Gasteiger partial charge in [0.1, 0.15) is 11.1 Å². The second-order valence-electron chi connectivity index (χ2n) is 14.5. The number of imidazole rings is 2. The Kier molecular flexibility index (Phi) is 6.23. The van der Waals surface area contributed by atoms with E-state index < -0.39 is 0 Å². The third-order valence-electron chi connectivity index (χ3n) is 11.1. The Labute approximate surface area is 306 Å². The molecule has 0 aliphatic heterocycles. The van der Waals surface area contributed by atoms with E-state index in [0.29, 0.717) is 0 Å². The van der Waals surface area contributed by atoms with Gasteiger partial charge in [-0.15, -0.1) is 0 Å². The summed E-state index contributed by atoms with van der Waals surface area (Å²) in [5.41, 5.74) is 16.3. The summed E-state index contributed by atoms with van der Waals surface area (Å²) < 4.78 is 10.9. The van der Waals surface area contributed by atoms with E-state index in [2.05, 4.69) is 179 Å². The third-order valence-corrected chi connectivity index (χ3v) is 11.1. The van der Waals surface area contributed by atoms with Crippen LogP contribution in [0.4, 0.5) is 17.1 Å². The van der Waals surface area contributed by atoms with Crippen molar-refractivity contribution in [2.45, 2.75) is 19.3 Å². The van der Waals surface area contributed by atoms with E-state index in [9.17, 15) is 0 Å². The maximum atomic E-state index is 6.51. The minimum atomic E-state index is -0.130. The molecule has 11 rings (SSSR count). The second kappa shape index (κ2) is 11.1. The SMILES string of the molecule is CC1(C)c2ccccc2-c2c(N(c3cccc(-c4ccccc4)c3)c3ccc4c(c3)n(-c3ccccc3)c3nc5c6ccccc6oc5n43)cccc21. The average Bonchev–Trinajstić information content (AvgIpc) is 3.91. The lowest BCUT2D eigenvalue weighted by Gasteiger charge is -2.29. The number of hydrogen-bond acceptors (Lipinski definition) is 3. The van der Waals surface area contributed by atoms with Gasteiger partial charge in [-0.25, -0.2) is 9.38 Å². The minimum absolute atomic E-state index is 0.130. The normalized spacial score (nSPS) is 13.2. The average molecular weight is 683 g/mol. The predicted octanol–water partition coefficient (Wildman–Crippen LogP) is 12.6. The number of furan rings is 1. The van der Waals surface area contributed by atoms with Gasteiger partial charge in [-0.05, 0) is 88.5 Å². The van der Waals surface area contributed by atoms with Gasteiger partial charge in [0.05, 0.1) is 16.7 Å². The van der Waals surface area contributed by atoms with Crippen LogP contribution in [0.5, 0.6) is 0 Å². The number of rotatable bonds is 5. The molecule has 3 aromatic heterocycles. The Morgan fingerprint density at radius 3 is 2.15 bits per heavy atom. The fourth-order valence-electron chi connectivity index (χ4n) is 8.65. The lowest BCUT2D eigenvalue weighted by atomic mass is 9.82. The van der Waals surface area contributed by atoms with Gasteiger partial charge in [0.15, 0.2) is 0 Å². The molecular weight excluding hydrogens is 649 g/mol. The first-order valence-corrected chi connectivity index (χ1v) is 18.1. The van der Waals surface area contributed by atoms with E-state index in [1.165, 1.54) is 33.4 Å². The van der Waals surface area contributed by atoms with Crippen molar-refractivity contribution in [3.05, 3.63) is 181 Å². The predicted molar refractivity (Wildman–Crippen MR) is 217 cm³/mol. The molecule has 0 fully saturated rings. The Balaban J connectivity index is 1.21. The lowest BCUT2D eigenvalue weighted by Crippen LogP contribution is -2.16. The van der Waals surface area contributed by atoms with Gasteiger partial charge < -0.3 is 9.32 Å². The third kappa shape index (κ3) is 4.28. The van der Waals surface area contributed by atoms with Crippen LogP contribution in [0.1, 0.15) is 25.0 Å². The number of fused-ring (bicyclic) bond motifs is 10. The lowest BCUT2D eigenvalue weighted by molar-refractivity contribution is 0.651. The highest BCUT2D eigenvalue weighted by molar-refractivity contribution is 6.05. The quantitative estimate of drug-likeness (QED) is 0.181. The second-order valence-corrected chi connectivity index (χ2v) is 14.5. The molecule has 0 spiro atoms. The zero-order chi connectivity index (χ0) is 35.3. The van der Waals surface area contributed by atoms with Gasteiger partial charge in [0.25, 0.3) is 0 Å². The maximum absolute atomic E-state index is 6.51. The fraction of sp³-hybridized carbons (Fsp3) is 0.0625. The first-order valence-electron chi connectivity index (χ1n) is 18.1. The summed E-state index contributed by atoms with van der Waals surface area (Å²) in [5.74, 6) is 0.816. The summed E-state index contributed by atoms with van der Waals surface area (Å²) in [6.07, 6.45) is 0. The molecule has 0 saturated heterocycles. The number of nitrogens with zero attached hydrogens (tertiary/aromatic N) is 4. The highest BCUT2D eigenvalue weighted by atomic mass is 16.3. The summed E-state index contributed by atoms with van der Waals surface area (Å²) in [6, 6.07) is 60.6. The van der Waals surface area contributed by atoms with Crippen molar-refractivity contribution in [3.63, 3.8) is 0 Å². The molecule has 252 valence electrons. The highest BCUT2D eigenvalue weighted by Gasteiger charge is 2.38. The van der Waals surface area contributed by atoms with Crippen molar-refractivity contribution in [2.75, 3.05) is 4.90 Å². The zero-order valence-electron chi connectivity index (χ0n) is 29.4. The largest absolute Gasteiger partial charge is 0.437 e. The molecule has 0 saturated carbocycles. The molecular formula is C48H34N4O. The summed E-state index contributed by atoms with van der Waals surface area (Å²) >= 11 is 0. The van der Waals surface area contributed by atoms with Gasteiger partial charge >= 0.3 is 0 Å². The van der Waals surface area contributed by atoms with Crippen molar-refractivity contribution in [2.24, 2.45) is 0 Å². The van der Waals surface area contributed by atoms with Crippen molar-refractivity contribution in [3.8, 4) is 27.9 Å². The van der Waals surface area contributed by atoms with E-state index in [1.54, 1.807) is 0 Å². The Hall–Kier alpha value is -6.85. The van der Waals surface area contributed by atoms with E-state index in [1.807, 2.05) is 18.2 Å². The number of anilines is 3. The maximum Gasteiger partial charge on any atom is 0.234 e. The summed E-state index contributed by atoms with van der Waals surface area (Å²) in [5, 5.41) is 1.01. The molecule has 0 unspecified atom stereocenters. The first kappa shape index (κ1) is 29.8. The molecule has 0 N–H and O–H groups in total. The molecule has 1 aliphatic carbocycles. The molecule has 0 bridgehead atoms. The van der Waals surface area contributed by atoms with Crippen molar-refractivity contribution in [1.29, 1.82) is 0 Å². The first-order chi connectivity index (χ1) is 26.1. The molecule has 7 aromatic carbocycles. The van der Waals surface area contributed by atoms with E-state index in [4.69, 9.17) is 9.40 Å². The number of benzene rings is 7. The van der Waals surface area contributed by atoms with Crippen LogP contribution >= 0.6 is 0 Å². The van der Waals surface area contributed by atoms with Crippen LogP contribution in [0, 0.1) is 0 Å². The molecule has 5 heteroatoms. The van der Waals surface area contributed by atoms with Gasteiger partial charge in [-0.1, -0.05) is 123 Å². The molecule has 1 aliphatic rings. The number of hydrogen-bond donors (Lipinski definition) is 0. The van der Waals surface area contributed by atoms with Crippen LogP contribution in [-0.4, -0.2) is 14.0 Å². The van der Waals surface area contributed by atoms with Gasteiger partial charge in [0, 0.05) is 33.4 Å². The van der Waals surface area contributed by atoms with E-state index in [0.717, 1.165) is 61.8 Å². The fourth-order valence-corrected chi connectivity index (χ4v) is 8.65. The molecule has 53 heavy (non-hydrogen) atoms. The van der Waals surface area contributed by atoms with E-state index >= 15 is 0 Å². The summed E-state index contributed by atoms with van der Waals surface area (Å²) in [6.45, 7) is 4.68. The molecule has 3 heterocycles. The van der Waals surface area contributed by atoms with Gasteiger partial charge in [0.2, 0.25) is 11.5 Å². The molecule has 0 radical (unpaired) electrons. The standard InChI is InChI=1S/C48H34N4O/c1-48(2)38-23-11-9-21-36(38)44-39(48)24-14-25-41(44)50(34-20-13-17-32(29-34)31-15-5-3-6-16-31)35-27-28-40-42(30-35)51(33-18-7-4-8-19-33)47-49-45-37-22-10-12-26-43(37)53-46(45)52(40)47/h3-30H,1-2H3. The minimum Gasteiger partial charge on any atom is -0.437 e. The summed E-state index contributed by atoms with van der Waals surface area (Å²) in [7, 11) is 0. The molecule has 5 nitrogen and oxygen atoms in total. The Morgan fingerprint density at radius 1 is 0.585 bits per heavy atom. The Bertz CT molecular complexity index is 3040. The molecule has 10 aromatic rings. The number of para-hydroxylation sites is 2. The van der Waals surface area contributed by atoms with Crippen molar-refractivity contribution < 1.29 is 4.42 Å². The van der Waals surface area contributed by atoms with Gasteiger partial charge in [-0.3, -0.25) is 4.57 Å².